The maximum absolute atomic E-state index is 11.3. The Kier molecular flexibility index (Phi) is 7.94. The van der Waals surface area contributed by atoms with Crippen LogP contribution in [-0.2, 0) is 9.53 Å². The zero-order chi connectivity index (χ0) is 10.1. The molecule has 0 amide bonds. The highest BCUT2D eigenvalue weighted by Gasteiger charge is 2.11. The quantitative estimate of drug-likeness (QED) is 0.586. The Labute approximate surface area is 80.6 Å². The number of nitrogens with two attached hydrogens (primary N) is 1. The number of unbranched alkanes of at least 4 members (excludes halogenated alkanes) is 3. The standard InChI is InChI=1S/C10H21NO2/c1-3-4-5-6-7-10(12)9(11)8-13-2/h9H,3-8,11H2,1-2H3. The fraction of sp³-hybridized carbons (Fsp3) is 0.900. The van der Waals surface area contributed by atoms with E-state index >= 15 is 0 Å². The summed E-state index contributed by atoms with van der Waals surface area (Å²) in [4.78, 5) is 11.3. The lowest BCUT2D eigenvalue weighted by Gasteiger charge is -2.08. The van der Waals surface area contributed by atoms with Gasteiger partial charge in [-0.3, -0.25) is 4.79 Å². The van der Waals surface area contributed by atoms with E-state index in [4.69, 9.17) is 10.5 Å². The molecular weight excluding hydrogens is 166 g/mol. The average molecular weight is 187 g/mol. The lowest BCUT2D eigenvalue weighted by atomic mass is 10.1. The molecule has 0 aliphatic heterocycles. The summed E-state index contributed by atoms with van der Waals surface area (Å²) in [5.74, 6) is 0.123. The van der Waals surface area contributed by atoms with Crippen LogP contribution in [0.3, 0.4) is 0 Å². The Bertz CT molecular complexity index is 137. The summed E-state index contributed by atoms with van der Waals surface area (Å²) in [5, 5.41) is 0. The molecule has 1 unspecified atom stereocenters. The first-order valence-electron chi connectivity index (χ1n) is 4.99. The van der Waals surface area contributed by atoms with Crippen LogP contribution in [0.1, 0.15) is 39.0 Å². The minimum atomic E-state index is -0.424. The van der Waals surface area contributed by atoms with Gasteiger partial charge >= 0.3 is 0 Å². The Morgan fingerprint density at radius 1 is 1.38 bits per heavy atom. The second kappa shape index (κ2) is 8.20. The van der Waals surface area contributed by atoms with E-state index in [0.29, 0.717) is 13.0 Å². The molecule has 0 aromatic rings. The first-order valence-corrected chi connectivity index (χ1v) is 4.99. The van der Waals surface area contributed by atoms with E-state index in [9.17, 15) is 4.79 Å². The van der Waals surface area contributed by atoms with Crippen LogP contribution in [0, 0.1) is 0 Å². The lowest BCUT2D eigenvalue weighted by Crippen LogP contribution is -2.34. The van der Waals surface area contributed by atoms with Crippen molar-refractivity contribution in [2.45, 2.75) is 45.1 Å². The Morgan fingerprint density at radius 3 is 2.62 bits per heavy atom. The van der Waals surface area contributed by atoms with Crippen molar-refractivity contribution in [2.24, 2.45) is 5.73 Å². The monoisotopic (exact) mass is 187 g/mol. The summed E-state index contributed by atoms with van der Waals surface area (Å²) in [6.45, 7) is 2.49. The van der Waals surface area contributed by atoms with E-state index in [1.807, 2.05) is 0 Å². The molecule has 0 radical (unpaired) electrons. The molecule has 0 spiro atoms. The summed E-state index contributed by atoms with van der Waals surface area (Å²) in [6.07, 6.45) is 5.08. The molecule has 3 heteroatoms. The molecule has 0 bridgehead atoms. The predicted molar refractivity (Wildman–Crippen MR) is 53.6 cm³/mol. The van der Waals surface area contributed by atoms with E-state index in [0.717, 1.165) is 12.8 Å². The van der Waals surface area contributed by atoms with Gasteiger partial charge in [0.25, 0.3) is 0 Å². The molecule has 0 fully saturated rings. The van der Waals surface area contributed by atoms with Crippen LogP contribution in [0.25, 0.3) is 0 Å². The predicted octanol–water partition coefficient (Wildman–Crippen LogP) is 1.50. The maximum Gasteiger partial charge on any atom is 0.151 e. The number of methoxy groups -OCH3 is 1. The molecular formula is C10H21NO2. The fourth-order valence-electron chi connectivity index (χ4n) is 1.18. The van der Waals surface area contributed by atoms with Crippen molar-refractivity contribution in [3.63, 3.8) is 0 Å². The van der Waals surface area contributed by atoms with Gasteiger partial charge < -0.3 is 10.5 Å². The summed E-state index contributed by atoms with van der Waals surface area (Å²) in [6, 6.07) is -0.424. The lowest BCUT2D eigenvalue weighted by molar-refractivity contribution is -0.121. The van der Waals surface area contributed by atoms with Crippen molar-refractivity contribution >= 4 is 5.78 Å². The number of Topliss-reactive ketones (excluding diaryl/α,β-unsaturated/α-hetero) is 1. The number of ketones is 1. The van der Waals surface area contributed by atoms with Gasteiger partial charge in [-0.1, -0.05) is 26.2 Å². The van der Waals surface area contributed by atoms with E-state index in [-0.39, 0.29) is 5.78 Å². The smallest absolute Gasteiger partial charge is 0.151 e. The summed E-state index contributed by atoms with van der Waals surface area (Å²) in [5.41, 5.74) is 5.57. The van der Waals surface area contributed by atoms with Crippen molar-refractivity contribution in [3.05, 3.63) is 0 Å². The first kappa shape index (κ1) is 12.6. The average Bonchev–Trinajstić information content (AvgIpc) is 2.12. The van der Waals surface area contributed by atoms with Crippen molar-refractivity contribution in [1.29, 1.82) is 0 Å². The van der Waals surface area contributed by atoms with Crippen LogP contribution in [0.5, 0.6) is 0 Å². The third-order valence-corrected chi connectivity index (χ3v) is 2.04. The molecule has 13 heavy (non-hydrogen) atoms. The van der Waals surface area contributed by atoms with Crippen molar-refractivity contribution < 1.29 is 9.53 Å². The second-order valence-corrected chi connectivity index (χ2v) is 3.34. The van der Waals surface area contributed by atoms with E-state index in [1.54, 1.807) is 7.11 Å². The number of hydrogen-bond donors (Lipinski definition) is 1. The van der Waals surface area contributed by atoms with Gasteiger partial charge in [-0.15, -0.1) is 0 Å². The number of ether oxygens (including phenoxy) is 1. The number of carbonyl (C=O) groups excluding carboxylic acids is 1. The third kappa shape index (κ3) is 6.72. The summed E-state index contributed by atoms with van der Waals surface area (Å²) < 4.78 is 4.81. The summed E-state index contributed by atoms with van der Waals surface area (Å²) in [7, 11) is 1.56. The molecule has 2 N–H and O–H groups in total. The van der Waals surface area contributed by atoms with Gasteiger partial charge in [0.15, 0.2) is 5.78 Å². The van der Waals surface area contributed by atoms with Gasteiger partial charge in [-0.25, -0.2) is 0 Å². The molecule has 0 saturated carbocycles. The molecule has 0 aromatic carbocycles. The minimum absolute atomic E-state index is 0.123. The van der Waals surface area contributed by atoms with Gasteiger partial charge in [0.05, 0.1) is 12.6 Å². The molecule has 0 aliphatic rings. The second-order valence-electron chi connectivity index (χ2n) is 3.34. The van der Waals surface area contributed by atoms with Crippen LogP contribution in [0.2, 0.25) is 0 Å². The Balaban J connectivity index is 3.38. The maximum atomic E-state index is 11.3. The normalized spacial score (nSPS) is 12.8. The van der Waals surface area contributed by atoms with Gasteiger partial charge in [0, 0.05) is 13.5 Å². The highest BCUT2D eigenvalue weighted by molar-refractivity contribution is 5.83. The van der Waals surface area contributed by atoms with Gasteiger partial charge in [0.2, 0.25) is 0 Å². The molecule has 0 aromatic heterocycles. The van der Waals surface area contributed by atoms with Crippen molar-refractivity contribution in [1.82, 2.24) is 0 Å². The van der Waals surface area contributed by atoms with Crippen molar-refractivity contribution in [3.8, 4) is 0 Å². The first-order chi connectivity index (χ1) is 6.22. The Morgan fingerprint density at radius 2 is 2.08 bits per heavy atom. The van der Waals surface area contributed by atoms with Crippen LogP contribution in [0.4, 0.5) is 0 Å². The molecule has 3 nitrogen and oxygen atoms in total. The van der Waals surface area contributed by atoms with Crippen LogP contribution in [-0.4, -0.2) is 25.5 Å². The number of carbonyl (C=O) groups is 1. The topological polar surface area (TPSA) is 52.3 Å². The molecule has 78 valence electrons. The van der Waals surface area contributed by atoms with Gasteiger partial charge in [-0.05, 0) is 6.42 Å². The fourth-order valence-corrected chi connectivity index (χ4v) is 1.18. The largest absolute Gasteiger partial charge is 0.383 e. The van der Waals surface area contributed by atoms with Crippen LogP contribution in [0.15, 0.2) is 0 Å². The Hall–Kier alpha value is -0.410. The summed E-state index contributed by atoms with van der Waals surface area (Å²) >= 11 is 0. The molecule has 1 atom stereocenters. The highest BCUT2D eigenvalue weighted by Crippen LogP contribution is 2.04. The molecule has 0 heterocycles. The number of hydrogen-bond acceptors (Lipinski definition) is 3. The van der Waals surface area contributed by atoms with E-state index in [1.165, 1.54) is 12.8 Å². The molecule has 0 aliphatic carbocycles. The highest BCUT2D eigenvalue weighted by atomic mass is 16.5. The zero-order valence-corrected chi connectivity index (χ0v) is 8.71. The third-order valence-electron chi connectivity index (χ3n) is 2.04. The van der Waals surface area contributed by atoms with E-state index in [2.05, 4.69) is 6.92 Å². The van der Waals surface area contributed by atoms with E-state index < -0.39 is 6.04 Å². The molecule has 0 saturated heterocycles. The van der Waals surface area contributed by atoms with Crippen molar-refractivity contribution in [2.75, 3.05) is 13.7 Å². The van der Waals surface area contributed by atoms with Crippen LogP contribution < -0.4 is 5.73 Å². The number of rotatable bonds is 8. The molecule has 0 rings (SSSR count). The SMILES string of the molecule is CCCCCCC(=O)C(N)COC. The van der Waals surface area contributed by atoms with Gasteiger partial charge in [0.1, 0.15) is 0 Å². The zero-order valence-electron chi connectivity index (χ0n) is 8.71. The van der Waals surface area contributed by atoms with Crippen LogP contribution >= 0.6 is 0 Å². The van der Waals surface area contributed by atoms with Gasteiger partial charge in [-0.2, -0.15) is 0 Å². The minimum Gasteiger partial charge on any atom is -0.383 e.